The van der Waals surface area contributed by atoms with Crippen molar-refractivity contribution in [1.82, 2.24) is 14.8 Å². The lowest BCUT2D eigenvalue weighted by Gasteiger charge is -2.16. The number of benzene rings is 3. The molecule has 0 amide bonds. The fraction of sp³-hybridized carbons (Fsp3) is 0.375. The van der Waals surface area contributed by atoms with Crippen LogP contribution in [0, 0.1) is 6.92 Å². The molecule has 2 saturated heterocycles. The second-order valence-electron chi connectivity index (χ2n) is 12.9. The van der Waals surface area contributed by atoms with E-state index in [9.17, 15) is 0 Å². The molecule has 2 aliphatic rings. The van der Waals surface area contributed by atoms with Crippen LogP contribution in [0.2, 0.25) is 0 Å². The average Bonchev–Trinajstić information content (AvgIpc) is 3.87. The predicted molar refractivity (Wildman–Crippen MR) is 190 cm³/mol. The minimum atomic E-state index is 0.559. The highest BCUT2D eigenvalue weighted by molar-refractivity contribution is 7.22. The van der Waals surface area contributed by atoms with Crippen molar-refractivity contribution < 1.29 is 9.47 Å². The highest BCUT2D eigenvalue weighted by Crippen LogP contribution is 2.41. The van der Waals surface area contributed by atoms with Gasteiger partial charge in [-0.2, -0.15) is 0 Å². The third kappa shape index (κ3) is 7.63. The zero-order valence-electron chi connectivity index (χ0n) is 27.0. The Labute approximate surface area is 277 Å². The molecule has 0 spiro atoms. The highest BCUT2D eigenvalue weighted by Gasteiger charge is 2.18. The first kappa shape index (κ1) is 30.9. The van der Waals surface area contributed by atoms with Crippen molar-refractivity contribution in [3.63, 3.8) is 0 Å². The van der Waals surface area contributed by atoms with Gasteiger partial charge in [-0.3, -0.25) is 4.90 Å². The number of hydrogen-bond donors (Lipinski definition) is 0. The maximum Gasteiger partial charge on any atom is 0.213 e. The molecule has 6 heteroatoms. The van der Waals surface area contributed by atoms with Crippen molar-refractivity contribution in [2.75, 3.05) is 45.9 Å². The summed E-state index contributed by atoms with van der Waals surface area (Å²) in [5.41, 5.74) is 7.87. The molecule has 5 nitrogen and oxygen atoms in total. The number of aromatic nitrogens is 1. The van der Waals surface area contributed by atoms with E-state index in [0.29, 0.717) is 19.1 Å². The summed E-state index contributed by atoms with van der Waals surface area (Å²) in [6.45, 7) is 10.5. The molecule has 0 bridgehead atoms. The van der Waals surface area contributed by atoms with Gasteiger partial charge in [-0.1, -0.05) is 48.5 Å². The molecule has 5 aromatic rings. The Kier molecular flexibility index (Phi) is 9.95. The first-order valence-electron chi connectivity index (χ1n) is 17.0. The van der Waals surface area contributed by atoms with Crippen LogP contribution >= 0.6 is 11.3 Å². The number of rotatable bonds is 13. The number of likely N-dealkylation sites (tertiary alicyclic amines) is 2. The predicted octanol–water partition coefficient (Wildman–Crippen LogP) is 8.55. The molecule has 0 aliphatic carbocycles. The molecule has 0 N–H and O–H groups in total. The van der Waals surface area contributed by atoms with Gasteiger partial charge in [0.15, 0.2) is 0 Å². The Hall–Kier alpha value is -3.71. The molecule has 3 aromatic carbocycles. The van der Waals surface area contributed by atoms with Gasteiger partial charge in [0.2, 0.25) is 5.88 Å². The molecule has 238 valence electrons. The van der Waals surface area contributed by atoms with Crippen molar-refractivity contribution in [2.24, 2.45) is 0 Å². The molecule has 46 heavy (non-hydrogen) atoms. The normalized spacial score (nSPS) is 15.6. The topological polar surface area (TPSA) is 37.8 Å². The number of fused-ring (bicyclic) bond motifs is 1. The molecular weight excluding hydrogens is 587 g/mol. The van der Waals surface area contributed by atoms with Crippen LogP contribution in [-0.2, 0) is 19.4 Å². The van der Waals surface area contributed by atoms with Crippen LogP contribution in [-0.4, -0.2) is 60.7 Å². The lowest BCUT2D eigenvalue weighted by atomic mass is 9.96. The van der Waals surface area contributed by atoms with E-state index in [1.807, 2.05) is 29.7 Å². The highest BCUT2D eigenvalue weighted by atomic mass is 32.1. The van der Waals surface area contributed by atoms with Gasteiger partial charge in [0, 0.05) is 40.5 Å². The summed E-state index contributed by atoms with van der Waals surface area (Å²) in [7, 11) is 0. The van der Waals surface area contributed by atoms with Crippen LogP contribution in [0.3, 0.4) is 0 Å². The van der Waals surface area contributed by atoms with Crippen molar-refractivity contribution >= 4 is 21.4 Å². The molecule has 2 aromatic heterocycles. The maximum atomic E-state index is 6.22. The maximum absolute atomic E-state index is 6.22. The van der Waals surface area contributed by atoms with Crippen LogP contribution in [0.25, 0.3) is 20.5 Å². The quantitative estimate of drug-likeness (QED) is 0.130. The third-order valence-electron chi connectivity index (χ3n) is 9.55. The Morgan fingerprint density at radius 3 is 2.28 bits per heavy atom. The van der Waals surface area contributed by atoms with E-state index in [1.54, 1.807) is 0 Å². The number of pyridine rings is 1. The fourth-order valence-corrected chi connectivity index (χ4v) is 8.13. The Balaban J connectivity index is 1.12. The minimum Gasteiger partial charge on any atom is -0.489 e. The summed E-state index contributed by atoms with van der Waals surface area (Å²) in [5.74, 6) is 1.59. The van der Waals surface area contributed by atoms with Crippen LogP contribution in [0.15, 0.2) is 85.1 Å². The Morgan fingerprint density at radius 2 is 1.54 bits per heavy atom. The van der Waals surface area contributed by atoms with E-state index in [2.05, 4.69) is 83.5 Å². The molecule has 2 fully saturated rings. The molecule has 0 radical (unpaired) electrons. The van der Waals surface area contributed by atoms with E-state index in [0.717, 1.165) is 30.7 Å². The first-order valence-corrected chi connectivity index (χ1v) is 17.8. The van der Waals surface area contributed by atoms with Crippen LogP contribution in [0.4, 0.5) is 0 Å². The molecule has 0 saturated carbocycles. The van der Waals surface area contributed by atoms with E-state index in [4.69, 9.17) is 14.5 Å². The summed E-state index contributed by atoms with van der Waals surface area (Å²) in [6, 6.07) is 28.2. The van der Waals surface area contributed by atoms with E-state index >= 15 is 0 Å². The molecule has 0 unspecified atom stereocenters. The lowest BCUT2D eigenvalue weighted by molar-refractivity contribution is 0.232. The second kappa shape index (κ2) is 14.8. The van der Waals surface area contributed by atoms with Gasteiger partial charge in [0.25, 0.3) is 0 Å². The zero-order valence-corrected chi connectivity index (χ0v) is 27.9. The van der Waals surface area contributed by atoms with Crippen molar-refractivity contribution in [2.45, 2.75) is 52.1 Å². The smallest absolute Gasteiger partial charge is 0.213 e. The standard InChI is InChI=1S/C40H45N3O2S/c1-30-25-32(11-12-33(30)17-22-42-18-5-6-19-42)26-37-36-15-14-35(45-29-31-9-3-2-4-10-31)27-38(36)46-40(37)34-13-16-39(41-28-34)44-24-23-43-20-7-8-21-43/h2-4,9-16,25,27-28H,5-8,17-24,26,29H2,1H3. The van der Waals surface area contributed by atoms with Gasteiger partial charge < -0.3 is 14.4 Å². The van der Waals surface area contributed by atoms with Crippen molar-refractivity contribution in [3.05, 3.63) is 113 Å². The van der Waals surface area contributed by atoms with E-state index in [-0.39, 0.29) is 0 Å². The summed E-state index contributed by atoms with van der Waals surface area (Å²) in [5, 5.41) is 1.29. The number of hydrogen-bond acceptors (Lipinski definition) is 6. The fourth-order valence-electron chi connectivity index (χ4n) is 6.89. The minimum absolute atomic E-state index is 0.559. The third-order valence-corrected chi connectivity index (χ3v) is 10.8. The number of nitrogens with zero attached hydrogens (tertiary/aromatic N) is 3. The lowest BCUT2D eigenvalue weighted by Crippen LogP contribution is -2.25. The Bertz CT molecular complexity index is 1720. The van der Waals surface area contributed by atoms with Gasteiger partial charge in [0.1, 0.15) is 19.0 Å². The molecule has 2 aliphatic heterocycles. The van der Waals surface area contributed by atoms with Crippen LogP contribution in [0.5, 0.6) is 11.6 Å². The summed E-state index contributed by atoms with van der Waals surface area (Å²) in [6.07, 6.45) is 9.28. The summed E-state index contributed by atoms with van der Waals surface area (Å²) < 4.78 is 13.5. The number of ether oxygens (including phenoxy) is 2. The Morgan fingerprint density at radius 1 is 0.761 bits per heavy atom. The first-order chi connectivity index (χ1) is 22.7. The van der Waals surface area contributed by atoms with Crippen molar-refractivity contribution in [3.8, 4) is 22.1 Å². The van der Waals surface area contributed by atoms with E-state index < -0.39 is 0 Å². The van der Waals surface area contributed by atoms with Gasteiger partial charge in [-0.15, -0.1) is 11.3 Å². The molecular formula is C40H45N3O2S. The number of aryl methyl sites for hydroxylation is 1. The van der Waals surface area contributed by atoms with Crippen LogP contribution < -0.4 is 9.47 Å². The molecule has 7 rings (SSSR count). The summed E-state index contributed by atoms with van der Waals surface area (Å²) >= 11 is 1.83. The van der Waals surface area contributed by atoms with Gasteiger partial charge >= 0.3 is 0 Å². The average molecular weight is 632 g/mol. The molecule has 0 atom stereocenters. The monoisotopic (exact) mass is 631 g/mol. The zero-order chi connectivity index (χ0) is 31.1. The summed E-state index contributed by atoms with van der Waals surface area (Å²) in [4.78, 5) is 11.1. The molecule has 4 heterocycles. The second-order valence-corrected chi connectivity index (χ2v) is 13.9. The van der Waals surface area contributed by atoms with Gasteiger partial charge in [-0.25, -0.2) is 4.98 Å². The SMILES string of the molecule is Cc1cc(Cc2c(-c3ccc(OCCN4CCCC4)nc3)sc3cc(OCc4ccccc4)ccc23)ccc1CCN1CCCC1. The van der Waals surface area contributed by atoms with E-state index in [1.165, 1.54) is 101 Å². The number of thiophene rings is 1. The van der Waals surface area contributed by atoms with Gasteiger partial charge in [-0.05, 0) is 129 Å². The van der Waals surface area contributed by atoms with Gasteiger partial charge in [0.05, 0.1) is 0 Å². The van der Waals surface area contributed by atoms with Crippen LogP contribution in [0.1, 0.15) is 53.5 Å². The van der Waals surface area contributed by atoms with Crippen molar-refractivity contribution in [1.29, 1.82) is 0 Å². The largest absolute Gasteiger partial charge is 0.489 e.